The molecular formula is C13H22N4O. The van der Waals surface area contributed by atoms with Gasteiger partial charge in [-0.15, -0.1) is 0 Å². The number of rotatable bonds is 5. The Hall–Kier alpha value is -1.36. The van der Waals surface area contributed by atoms with Crippen LogP contribution in [0.15, 0.2) is 17.2 Å². The highest BCUT2D eigenvalue weighted by Gasteiger charge is 2.27. The zero-order valence-corrected chi connectivity index (χ0v) is 11.4. The third-order valence-corrected chi connectivity index (χ3v) is 3.34. The van der Waals surface area contributed by atoms with E-state index in [9.17, 15) is 4.79 Å². The van der Waals surface area contributed by atoms with Crippen molar-refractivity contribution in [1.29, 1.82) is 0 Å². The Balaban J connectivity index is 2.35. The first-order chi connectivity index (χ1) is 8.65. The molecule has 1 saturated heterocycles. The van der Waals surface area contributed by atoms with E-state index in [0.717, 1.165) is 26.1 Å². The maximum atomic E-state index is 12.4. The molecule has 2 rings (SSSR count). The van der Waals surface area contributed by atoms with Crippen molar-refractivity contribution in [2.45, 2.75) is 39.3 Å². The molecule has 5 heteroatoms. The molecule has 0 spiro atoms. The normalized spacial score (nSPS) is 15.8. The summed E-state index contributed by atoms with van der Waals surface area (Å²) in [6, 6.07) is 0.579. The molecule has 0 aliphatic carbocycles. The fourth-order valence-electron chi connectivity index (χ4n) is 2.21. The van der Waals surface area contributed by atoms with Gasteiger partial charge in [-0.2, -0.15) is 0 Å². The SMILES string of the molecule is CCCN(c1nccn(C(C)C)c1=O)C1CNC1. The van der Waals surface area contributed by atoms with Crippen molar-refractivity contribution in [3.63, 3.8) is 0 Å². The molecule has 0 aromatic carbocycles. The Morgan fingerprint density at radius 3 is 2.78 bits per heavy atom. The first kappa shape index (κ1) is 13.1. The van der Waals surface area contributed by atoms with E-state index in [2.05, 4.69) is 22.1 Å². The maximum Gasteiger partial charge on any atom is 0.293 e. The summed E-state index contributed by atoms with van der Waals surface area (Å²) in [7, 11) is 0. The average molecular weight is 250 g/mol. The molecule has 1 aromatic heterocycles. The summed E-state index contributed by atoms with van der Waals surface area (Å²) in [4.78, 5) is 18.9. The van der Waals surface area contributed by atoms with Gasteiger partial charge in [-0.05, 0) is 20.3 Å². The van der Waals surface area contributed by atoms with Crippen LogP contribution in [0.3, 0.4) is 0 Å². The Bertz CT molecular complexity index is 451. The van der Waals surface area contributed by atoms with Gasteiger partial charge >= 0.3 is 0 Å². The number of hydrogen-bond donors (Lipinski definition) is 1. The summed E-state index contributed by atoms with van der Waals surface area (Å²) in [5.41, 5.74) is 0.0212. The second kappa shape index (κ2) is 5.52. The minimum atomic E-state index is 0.0212. The van der Waals surface area contributed by atoms with E-state index in [4.69, 9.17) is 0 Å². The van der Waals surface area contributed by atoms with Gasteiger partial charge in [0.05, 0.1) is 6.04 Å². The van der Waals surface area contributed by atoms with Crippen molar-refractivity contribution >= 4 is 5.82 Å². The van der Waals surface area contributed by atoms with Crippen molar-refractivity contribution in [2.24, 2.45) is 0 Å². The van der Waals surface area contributed by atoms with Crippen molar-refractivity contribution in [3.05, 3.63) is 22.7 Å². The second-order valence-corrected chi connectivity index (χ2v) is 5.06. The molecule has 18 heavy (non-hydrogen) atoms. The molecule has 2 heterocycles. The first-order valence-electron chi connectivity index (χ1n) is 6.69. The molecule has 1 aliphatic rings. The Labute approximate surface area is 108 Å². The third-order valence-electron chi connectivity index (χ3n) is 3.34. The lowest BCUT2D eigenvalue weighted by atomic mass is 10.1. The van der Waals surface area contributed by atoms with Gasteiger partial charge in [0.15, 0.2) is 5.82 Å². The molecule has 0 radical (unpaired) electrons. The molecule has 0 unspecified atom stereocenters. The number of nitrogens with one attached hydrogen (secondary N) is 1. The Morgan fingerprint density at radius 2 is 2.28 bits per heavy atom. The second-order valence-electron chi connectivity index (χ2n) is 5.06. The van der Waals surface area contributed by atoms with Gasteiger partial charge in [0, 0.05) is 38.1 Å². The topological polar surface area (TPSA) is 50.2 Å². The summed E-state index contributed by atoms with van der Waals surface area (Å²) in [6.45, 7) is 8.93. The van der Waals surface area contributed by atoms with E-state index < -0.39 is 0 Å². The minimum absolute atomic E-state index is 0.0212. The summed E-state index contributed by atoms with van der Waals surface area (Å²) < 4.78 is 1.75. The molecule has 1 fully saturated rings. The highest BCUT2D eigenvalue weighted by atomic mass is 16.1. The van der Waals surface area contributed by atoms with E-state index in [0.29, 0.717) is 11.9 Å². The van der Waals surface area contributed by atoms with Crippen LogP contribution in [0.1, 0.15) is 33.2 Å². The number of nitrogens with zero attached hydrogens (tertiary/aromatic N) is 3. The minimum Gasteiger partial charge on any atom is -0.346 e. The van der Waals surface area contributed by atoms with E-state index in [1.807, 2.05) is 13.8 Å². The van der Waals surface area contributed by atoms with Crippen molar-refractivity contribution in [1.82, 2.24) is 14.9 Å². The van der Waals surface area contributed by atoms with Gasteiger partial charge in [0.25, 0.3) is 5.56 Å². The van der Waals surface area contributed by atoms with Gasteiger partial charge in [-0.1, -0.05) is 6.92 Å². The van der Waals surface area contributed by atoms with Crippen molar-refractivity contribution in [2.75, 3.05) is 24.5 Å². The predicted molar refractivity (Wildman–Crippen MR) is 73.2 cm³/mol. The van der Waals surface area contributed by atoms with Gasteiger partial charge in [0.2, 0.25) is 0 Å². The van der Waals surface area contributed by atoms with Crippen LogP contribution in [0.5, 0.6) is 0 Å². The largest absolute Gasteiger partial charge is 0.346 e. The molecule has 0 saturated carbocycles. The van der Waals surface area contributed by atoms with Crippen LogP contribution >= 0.6 is 0 Å². The summed E-state index contributed by atoms with van der Waals surface area (Å²) in [5, 5.41) is 3.25. The van der Waals surface area contributed by atoms with Crippen molar-refractivity contribution in [3.8, 4) is 0 Å². The summed E-state index contributed by atoms with van der Waals surface area (Å²) in [6.07, 6.45) is 4.51. The molecule has 1 aromatic rings. The molecule has 1 aliphatic heterocycles. The molecule has 100 valence electrons. The highest BCUT2D eigenvalue weighted by molar-refractivity contribution is 5.38. The van der Waals surface area contributed by atoms with Crippen LogP contribution in [0, 0.1) is 0 Å². The maximum absolute atomic E-state index is 12.4. The average Bonchev–Trinajstić information content (AvgIpc) is 2.26. The number of aromatic nitrogens is 2. The Morgan fingerprint density at radius 1 is 1.56 bits per heavy atom. The standard InChI is InChI=1S/C13H22N4O/c1-4-6-17(11-8-14-9-11)12-13(18)16(10(2)3)7-5-15-12/h5,7,10-11,14H,4,6,8-9H2,1-3H3. The smallest absolute Gasteiger partial charge is 0.293 e. The molecule has 0 bridgehead atoms. The van der Waals surface area contributed by atoms with E-state index in [-0.39, 0.29) is 11.6 Å². The van der Waals surface area contributed by atoms with Gasteiger partial charge in [-0.3, -0.25) is 4.79 Å². The van der Waals surface area contributed by atoms with Crippen LogP contribution in [-0.2, 0) is 0 Å². The lowest BCUT2D eigenvalue weighted by molar-refractivity contribution is 0.408. The summed E-state index contributed by atoms with van der Waals surface area (Å²) >= 11 is 0. The fourth-order valence-corrected chi connectivity index (χ4v) is 2.21. The van der Waals surface area contributed by atoms with Gasteiger partial charge < -0.3 is 14.8 Å². The van der Waals surface area contributed by atoms with Gasteiger partial charge in [0.1, 0.15) is 0 Å². The molecule has 0 amide bonds. The lowest BCUT2D eigenvalue weighted by Crippen LogP contribution is -2.59. The van der Waals surface area contributed by atoms with E-state index >= 15 is 0 Å². The molecular weight excluding hydrogens is 228 g/mol. The molecule has 5 nitrogen and oxygen atoms in total. The monoisotopic (exact) mass is 250 g/mol. The lowest BCUT2D eigenvalue weighted by Gasteiger charge is -2.38. The number of anilines is 1. The molecule has 0 atom stereocenters. The summed E-state index contributed by atoms with van der Waals surface area (Å²) in [5.74, 6) is 0.597. The zero-order valence-electron chi connectivity index (χ0n) is 11.4. The first-order valence-corrected chi connectivity index (χ1v) is 6.69. The van der Waals surface area contributed by atoms with Crippen LogP contribution in [0.2, 0.25) is 0 Å². The highest BCUT2D eigenvalue weighted by Crippen LogP contribution is 2.13. The van der Waals surface area contributed by atoms with Crippen LogP contribution < -0.4 is 15.8 Å². The zero-order chi connectivity index (χ0) is 13.1. The van der Waals surface area contributed by atoms with Crippen LogP contribution in [-0.4, -0.2) is 35.2 Å². The fraction of sp³-hybridized carbons (Fsp3) is 0.692. The van der Waals surface area contributed by atoms with Crippen molar-refractivity contribution < 1.29 is 0 Å². The predicted octanol–water partition coefficient (Wildman–Crippen LogP) is 1.01. The van der Waals surface area contributed by atoms with E-state index in [1.54, 1.807) is 17.0 Å². The third kappa shape index (κ3) is 2.41. The van der Waals surface area contributed by atoms with Crippen LogP contribution in [0.4, 0.5) is 5.82 Å². The van der Waals surface area contributed by atoms with Gasteiger partial charge in [-0.25, -0.2) is 4.98 Å². The number of hydrogen-bond acceptors (Lipinski definition) is 4. The van der Waals surface area contributed by atoms with Crippen LogP contribution in [0.25, 0.3) is 0 Å². The van der Waals surface area contributed by atoms with E-state index in [1.165, 1.54) is 0 Å². The quantitative estimate of drug-likeness (QED) is 0.847. The Kier molecular flexibility index (Phi) is 4.01. The molecule has 1 N–H and O–H groups in total.